The number of aliphatic hydroxyl groups excluding tert-OH is 2. The fraction of sp³-hybridized carbons (Fsp3) is 0.370. The summed E-state index contributed by atoms with van der Waals surface area (Å²) >= 11 is 0. The molecule has 1 aromatic carbocycles. The molecule has 0 amide bonds. The molecule has 4 N–H and O–H groups in total. The Hall–Kier alpha value is -3.69. The third-order valence-electron chi connectivity index (χ3n) is 7.14. The molecule has 0 unspecified atom stereocenters. The summed E-state index contributed by atoms with van der Waals surface area (Å²) in [5.74, 6) is -4.50. The van der Waals surface area contributed by atoms with Crippen LogP contribution in [0.5, 0.6) is 5.75 Å². The fourth-order valence-corrected chi connectivity index (χ4v) is 5.36. The van der Waals surface area contributed by atoms with Crippen LogP contribution in [0, 0.1) is 11.8 Å². The van der Waals surface area contributed by atoms with Crippen molar-refractivity contribution < 1.29 is 39.6 Å². The number of rotatable bonds is 7. The van der Waals surface area contributed by atoms with E-state index in [1.165, 1.54) is 12.1 Å². The van der Waals surface area contributed by atoms with Crippen LogP contribution in [0.25, 0.3) is 0 Å². The zero-order valence-corrected chi connectivity index (χ0v) is 19.7. The Morgan fingerprint density at radius 1 is 1.08 bits per heavy atom. The van der Waals surface area contributed by atoms with Crippen molar-refractivity contribution in [3.8, 4) is 5.75 Å². The van der Waals surface area contributed by atoms with E-state index in [-0.39, 0.29) is 60.5 Å². The van der Waals surface area contributed by atoms with E-state index in [1.807, 2.05) is 0 Å². The molecule has 1 heterocycles. The molecule has 36 heavy (non-hydrogen) atoms. The minimum absolute atomic E-state index is 0.00475. The van der Waals surface area contributed by atoms with Gasteiger partial charge in [0.1, 0.15) is 17.1 Å². The lowest BCUT2D eigenvalue weighted by atomic mass is 9.67. The van der Waals surface area contributed by atoms with Gasteiger partial charge in [-0.1, -0.05) is 6.07 Å². The number of phenolic OH excluding ortho intramolecular Hbond substituents is 1. The normalized spacial score (nSPS) is 24.0. The summed E-state index contributed by atoms with van der Waals surface area (Å²) in [4.78, 5) is 54.9. The molecule has 9 nitrogen and oxygen atoms in total. The van der Waals surface area contributed by atoms with Crippen molar-refractivity contribution in [1.82, 2.24) is 4.98 Å². The van der Waals surface area contributed by atoms with Crippen molar-refractivity contribution in [2.45, 2.75) is 44.6 Å². The van der Waals surface area contributed by atoms with Crippen molar-refractivity contribution in [3.63, 3.8) is 0 Å². The number of allylic oxidation sites excluding steroid dienone is 1. The smallest absolute Gasteiger partial charge is 0.203 e. The van der Waals surface area contributed by atoms with Gasteiger partial charge in [0, 0.05) is 36.2 Å². The van der Waals surface area contributed by atoms with Crippen LogP contribution in [-0.2, 0) is 22.4 Å². The molecule has 0 spiro atoms. The molecule has 3 atom stereocenters. The first-order chi connectivity index (χ1) is 17.1. The highest BCUT2D eigenvalue weighted by molar-refractivity contribution is 6.23. The van der Waals surface area contributed by atoms with Gasteiger partial charge in [0.2, 0.25) is 5.78 Å². The van der Waals surface area contributed by atoms with Crippen LogP contribution in [0.3, 0.4) is 0 Å². The van der Waals surface area contributed by atoms with Gasteiger partial charge in [-0.25, -0.2) is 0 Å². The molecule has 0 radical (unpaired) electrons. The lowest BCUT2D eigenvalue weighted by Crippen LogP contribution is -2.54. The number of carbonyl (C=O) groups excluding carboxylic acids is 4. The van der Waals surface area contributed by atoms with Gasteiger partial charge in [0.05, 0.1) is 18.6 Å². The van der Waals surface area contributed by atoms with Gasteiger partial charge in [0.15, 0.2) is 23.0 Å². The van der Waals surface area contributed by atoms with Gasteiger partial charge >= 0.3 is 0 Å². The Bertz CT molecular complexity index is 1280. The number of aromatic hydroxyl groups is 1. The van der Waals surface area contributed by atoms with E-state index in [9.17, 15) is 39.6 Å². The number of ketones is 4. The number of Topliss-reactive ketones (excluding diaryl/α,β-unsaturated/α-hetero) is 4. The van der Waals surface area contributed by atoms with Crippen LogP contribution in [-0.4, -0.2) is 60.8 Å². The molecule has 9 heteroatoms. The van der Waals surface area contributed by atoms with Gasteiger partial charge in [-0.15, -0.1) is 0 Å². The lowest BCUT2D eigenvalue weighted by molar-refractivity contribution is -0.150. The highest BCUT2D eigenvalue weighted by atomic mass is 16.3. The summed E-state index contributed by atoms with van der Waals surface area (Å²) in [6.07, 6.45) is 1.60. The van der Waals surface area contributed by atoms with Crippen LogP contribution in [0.15, 0.2) is 47.9 Å². The van der Waals surface area contributed by atoms with E-state index in [1.54, 1.807) is 24.4 Å². The van der Waals surface area contributed by atoms with E-state index in [4.69, 9.17) is 0 Å². The van der Waals surface area contributed by atoms with Gasteiger partial charge in [0.25, 0.3) is 0 Å². The monoisotopic (exact) mass is 493 g/mol. The average molecular weight is 494 g/mol. The van der Waals surface area contributed by atoms with Gasteiger partial charge in [-0.3, -0.25) is 24.2 Å². The number of carbonyl (C=O) groups is 4. The van der Waals surface area contributed by atoms with Gasteiger partial charge in [-0.2, -0.15) is 0 Å². The van der Waals surface area contributed by atoms with E-state index in [0.29, 0.717) is 11.3 Å². The van der Waals surface area contributed by atoms with Crippen LogP contribution in [0.1, 0.15) is 58.2 Å². The van der Waals surface area contributed by atoms with Crippen molar-refractivity contribution in [2.75, 3.05) is 6.61 Å². The van der Waals surface area contributed by atoms with E-state index in [2.05, 4.69) is 4.98 Å². The zero-order chi connectivity index (χ0) is 26.2. The second kappa shape index (κ2) is 9.75. The van der Waals surface area contributed by atoms with Crippen LogP contribution < -0.4 is 0 Å². The minimum atomic E-state index is -2.28. The Kier molecular flexibility index (Phi) is 6.88. The summed E-state index contributed by atoms with van der Waals surface area (Å²) in [6.45, 7) is 0.140. The first-order valence-electron chi connectivity index (χ1n) is 11.7. The van der Waals surface area contributed by atoms with Crippen molar-refractivity contribution >= 4 is 23.1 Å². The Morgan fingerprint density at radius 2 is 1.83 bits per heavy atom. The van der Waals surface area contributed by atoms with Crippen LogP contribution in [0.4, 0.5) is 0 Å². The topological polar surface area (TPSA) is 162 Å². The summed E-state index contributed by atoms with van der Waals surface area (Å²) in [5, 5.41) is 41.6. The molecule has 2 aromatic rings. The molecule has 188 valence electrons. The third-order valence-corrected chi connectivity index (χ3v) is 7.14. The Morgan fingerprint density at radius 3 is 2.47 bits per heavy atom. The van der Waals surface area contributed by atoms with Crippen molar-refractivity contribution in [2.24, 2.45) is 11.8 Å². The summed E-state index contributed by atoms with van der Waals surface area (Å²) < 4.78 is 0. The lowest BCUT2D eigenvalue weighted by Gasteiger charge is -2.39. The summed E-state index contributed by atoms with van der Waals surface area (Å²) in [7, 11) is 0. The van der Waals surface area contributed by atoms with Crippen LogP contribution >= 0.6 is 0 Å². The van der Waals surface area contributed by atoms with E-state index in [0.717, 1.165) is 6.92 Å². The maximum Gasteiger partial charge on any atom is 0.203 e. The SMILES string of the molecule is CC(=O)C1=C(O)C[C@H](C[C@H]2CC(=O)c3c(O)ccc(C(=O)Cc4ccccn4)c3C2)[C@](O)(CO)C1=O. The number of hydrogen-bond donors (Lipinski definition) is 4. The second-order valence-electron chi connectivity index (χ2n) is 9.53. The molecule has 1 aromatic heterocycles. The first kappa shape index (κ1) is 25.4. The fourth-order valence-electron chi connectivity index (χ4n) is 5.36. The molecule has 2 aliphatic carbocycles. The molecule has 0 saturated carbocycles. The minimum Gasteiger partial charge on any atom is -0.511 e. The Balaban J connectivity index is 1.64. The summed E-state index contributed by atoms with van der Waals surface area (Å²) in [6, 6.07) is 7.99. The number of fused-ring (bicyclic) bond motifs is 1. The predicted octanol–water partition coefficient (Wildman–Crippen LogP) is 2.06. The van der Waals surface area contributed by atoms with E-state index < -0.39 is 46.9 Å². The van der Waals surface area contributed by atoms with E-state index >= 15 is 0 Å². The number of hydrogen-bond acceptors (Lipinski definition) is 9. The number of benzene rings is 1. The average Bonchev–Trinajstić information content (AvgIpc) is 2.82. The predicted molar refractivity (Wildman–Crippen MR) is 127 cm³/mol. The number of nitrogens with zero attached hydrogens (tertiary/aromatic N) is 1. The molecule has 0 aliphatic heterocycles. The Labute approximate surface area is 207 Å². The highest BCUT2D eigenvalue weighted by Gasteiger charge is 2.51. The molecular weight excluding hydrogens is 466 g/mol. The van der Waals surface area contributed by atoms with Crippen LogP contribution in [0.2, 0.25) is 0 Å². The van der Waals surface area contributed by atoms with Crippen molar-refractivity contribution in [3.05, 3.63) is 70.2 Å². The molecule has 4 rings (SSSR count). The summed E-state index contributed by atoms with van der Waals surface area (Å²) in [5.41, 5.74) is -1.51. The zero-order valence-electron chi connectivity index (χ0n) is 19.7. The molecule has 0 saturated heterocycles. The largest absolute Gasteiger partial charge is 0.511 e. The molecular formula is C27H27NO8. The number of aromatic nitrogens is 1. The maximum absolute atomic E-state index is 13.1. The molecule has 0 fully saturated rings. The molecule has 2 aliphatic rings. The third kappa shape index (κ3) is 4.47. The molecule has 0 bridgehead atoms. The van der Waals surface area contributed by atoms with Crippen molar-refractivity contribution in [1.29, 1.82) is 0 Å². The quantitative estimate of drug-likeness (QED) is 0.334. The number of phenols is 1. The van der Waals surface area contributed by atoms with Gasteiger partial charge < -0.3 is 20.4 Å². The number of aliphatic hydroxyl groups is 3. The first-order valence-corrected chi connectivity index (χ1v) is 11.7. The van der Waals surface area contributed by atoms with Gasteiger partial charge in [-0.05, 0) is 55.5 Å². The number of pyridine rings is 1. The standard InChI is InChI=1S/C27H27NO8/c1-14(30)24-23(34)11-16(27(36,13-29)26(24)35)8-15-9-19-18(5-6-20(31)25(19)22(33)10-15)21(32)12-17-4-2-3-7-28-17/h2-7,15-16,29,31,34,36H,8-13H2,1H3/t15-,16+,27-/m1/s1. The highest BCUT2D eigenvalue weighted by Crippen LogP contribution is 2.42. The maximum atomic E-state index is 13.1. The second-order valence-corrected chi connectivity index (χ2v) is 9.53.